The van der Waals surface area contributed by atoms with Crippen LogP contribution in [-0.4, -0.2) is 37.7 Å². The molecule has 6 nitrogen and oxygen atoms in total. The Morgan fingerprint density at radius 2 is 1.87 bits per heavy atom. The summed E-state index contributed by atoms with van der Waals surface area (Å²) in [4.78, 5) is 23.8. The molecule has 0 radical (unpaired) electrons. The molecule has 0 unspecified atom stereocenters. The van der Waals surface area contributed by atoms with Crippen molar-refractivity contribution in [3.8, 4) is 11.5 Å². The Morgan fingerprint density at radius 3 is 2.48 bits per heavy atom. The number of hydrogen-bond acceptors (Lipinski definition) is 5. The summed E-state index contributed by atoms with van der Waals surface area (Å²) in [5, 5.41) is 2.61. The maximum Gasteiger partial charge on any atom is 0.339 e. The zero-order valence-corrected chi connectivity index (χ0v) is 14.2. The monoisotopic (exact) mass is 323 g/mol. The first-order valence-electron chi connectivity index (χ1n) is 7.91. The van der Waals surface area contributed by atoms with Crippen molar-refractivity contribution in [3.63, 3.8) is 0 Å². The van der Waals surface area contributed by atoms with Crippen LogP contribution in [0.1, 0.15) is 44.5 Å². The molecule has 1 aromatic rings. The molecule has 0 saturated carbocycles. The second-order valence-electron chi connectivity index (χ2n) is 4.89. The lowest BCUT2D eigenvalue weighted by atomic mass is 10.2. The number of hydrogen-bond donors (Lipinski definition) is 1. The standard InChI is InChI=1S/C17H25NO5/c1-5-10-22-14-9-8-13(11-15(14)21-7-3)17(20)23-12(4)16(19)18-6-2/h8-9,11-12H,5-7,10H2,1-4H3,(H,18,19)/t12-/m1/s1. The quantitative estimate of drug-likeness (QED) is 0.707. The van der Waals surface area contributed by atoms with Gasteiger partial charge in [-0.25, -0.2) is 4.79 Å². The van der Waals surface area contributed by atoms with Crippen LogP contribution in [0.5, 0.6) is 11.5 Å². The van der Waals surface area contributed by atoms with Crippen molar-refractivity contribution in [1.82, 2.24) is 5.32 Å². The summed E-state index contributed by atoms with van der Waals surface area (Å²) < 4.78 is 16.2. The Morgan fingerprint density at radius 1 is 1.13 bits per heavy atom. The van der Waals surface area contributed by atoms with Crippen LogP contribution in [0.3, 0.4) is 0 Å². The fourth-order valence-corrected chi connectivity index (χ4v) is 1.83. The highest BCUT2D eigenvalue weighted by Gasteiger charge is 2.19. The van der Waals surface area contributed by atoms with E-state index >= 15 is 0 Å². The van der Waals surface area contributed by atoms with Gasteiger partial charge in [0.05, 0.1) is 18.8 Å². The molecule has 0 heterocycles. The molecular weight excluding hydrogens is 298 g/mol. The van der Waals surface area contributed by atoms with Crippen molar-refractivity contribution in [3.05, 3.63) is 23.8 Å². The number of benzene rings is 1. The topological polar surface area (TPSA) is 73.9 Å². The fraction of sp³-hybridized carbons (Fsp3) is 0.529. The number of carbonyl (C=O) groups is 2. The van der Waals surface area contributed by atoms with Gasteiger partial charge in [-0.15, -0.1) is 0 Å². The SMILES string of the molecule is CCCOc1ccc(C(=O)O[C@H](C)C(=O)NCC)cc1OCC. The van der Waals surface area contributed by atoms with Gasteiger partial charge in [0, 0.05) is 6.54 Å². The number of esters is 1. The average molecular weight is 323 g/mol. The zero-order valence-electron chi connectivity index (χ0n) is 14.2. The van der Waals surface area contributed by atoms with E-state index in [1.54, 1.807) is 25.1 Å². The van der Waals surface area contributed by atoms with E-state index in [-0.39, 0.29) is 5.91 Å². The minimum absolute atomic E-state index is 0.313. The van der Waals surface area contributed by atoms with E-state index in [4.69, 9.17) is 14.2 Å². The summed E-state index contributed by atoms with van der Waals surface area (Å²) in [6.45, 7) is 8.70. The van der Waals surface area contributed by atoms with Crippen LogP contribution in [0.15, 0.2) is 18.2 Å². The first-order valence-corrected chi connectivity index (χ1v) is 7.91. The summed E-state index contributed by atoms with van der Waals surface area (Å²) in [5.74, 6) is 0.170. The zero-order chi connectivity index (χ0) is 17.2. The molecule has 0 aliphatic carbocycles. The van der Waals surface area contributed by atoms with E-state index in [1.165, 1.54) is 6.92 Å². The molecule has 23 heavy (non-hydrogen) atoms. The molecule has 0 bridgehead atoms. The highest BCUT2D eigenvalue weighted by molar-refractivity contribution is 5.92. The predicted octanol–water partition coefficient (Wildman–Crippen LogP) is 2.56. The molecular formula is C17H25NO5. The van der Waals surface area contributed by atoms with Crippen molar-refractivity contribution < 1.29 is 23.8 Å². The Kier molecular flexibility index (Phi) is 7.94. The number of nitrogens with one attached hydrogen (secondary N) is 1. The molecule has 0 aliphatic heterocycles. The third kappa shape index (κ3) is 5.81. The van der Waals surface area contributed by atoms with Crippen LogP contribution in [0, 0.1) is 0 Å². The molecule has 0 spiro atoms. The summed E-state index contributed by atoms with van der Waals surface area (Å²) in [6.07, 6.45) is 0.0217. The van der Waals surface area contributed by atoms with Crippen molar-refractivity contribution in [2.75, 3.05) is 19.8 Å². The first kappa shape index (κ1) is 18.8. The highest BCUT2D eigenvalue weighted by Crippen LogP contribution is 2.29. The van der Waals surface area contributed by atoms with Crippen LogP contribution < -0.4 is 14.8 Å². The van der Waals surface area contributed by atoms with Gasteiger partial charge in [-0.1, -0.05) is 6.92 Å². The van der Waals surface area contributed by atoms with E-state index in [2.05, 4.69) is 5.32 Å². The number of amides is 1. The molecule has 0 aliphatic rings. The molecule has 6 heteroatoms. The second-order valence-corrected chi connectivity index (χ2v) is 4.89. The third-order valence-electron chi connectivity index (χ3n) is 2.94. The number of likely N-dealkylation sites (N-methyl/N-ethyl adjacent to an activating group) is 1. The molecule has 0 fully saturated rings. The molecule has 0 aromatic heterocycles. The molecule has 1 amide bonds. The van der Waals surface area contributed by atoms with E-state index in [0.717, 1.165) is 6.42 Å². The highest BCUT2D eigenvalue weighted by atomic mass is 16.5. The second kappa shape index (κ2) is 9.71. The lowest BCUT2D eigenvalue weighted by Gasteiger charge is -2.15. The van der Waals surface area contributed by atoms with Crippen LogP contribution >= 0.6 is 0 Å². The van der Waals surface area contributed by atoms with Crippen molar-refractivity contribution in [2.24, 2.45) is 0 Å². The van der Waals surface area contributed by atoms with Gasteiger partial charge in [-0.3, -0.25) is 4.79 Å². The van der Waals surface area contributed by atoms with Gasteiger partial charge in [0.2, 0.25) is 0 Å². The fourth-order valence-electron chi connectivity index (χ4n) is 1.83. The number of rotatable bonds is 9. The lowest BCUT2D eigenvalue weighted by Crippen LogP contribution is -2.35. The minimum Gasteiger partial charge on any atom is -0.490 e. The van der Waals surface area contributed by atoms with Gasteiger partial charge >= 0.3 is 5.97 Å². The van der Waals surface area contributed by atoms with E-state index < -0.39 is 12.1 Å². The Bertz CT molecular complexity index is 530. The predicted molar refractivity (Wildman–Crippen MR) is 87.0 cm³/mol. The molecule has 128 valence electrons. The summed E-state index contributed by atoms with van der Waals surface area (Å²) in [6, 6.07) is 4.84. The van der Waals surface area contributed by atoms with E-state index in [9.17, 15) is 9.59 Å². The Hall–Kier alpha value is -2.24. The summed E-state index contributed by atoms with van der Waals surface area (Å²) in [7, 11) is 0. The van der Waals surface area contributed by atoms with Gasteiger partial charge in [-0.2, -0.15) is 0 Å². The minimum atomic E-state index is -0.853. The normalized spacial score (nSPS) is 11.5. The summed E-state index contributed by atoms with van der Waals surface area (Å²) in [5.41, 5.74) is 0.313. The Labute approximate surface area is 137 Å². The largest absolute Gasteiger partial charge is 0.490 e. The molecule has 1 atom stereocenters. The lowest BCUT2D eigenvalue weighted by molar-refractivity contribution is -0.128. The molecule has 1 N–H and O–H groups in total. The van der Waals surface area contributed by atoms with E-state index in [0.29, 0.717) is 36.8 Å². The molecule has 1 aromatic carbocycles. The summed E-state index contributed by atoms with van der Waals surface area (Å²) >= 11 is 0. The third-order valence-corrected chi connectivity index (χ3v) is 2.94. The first-order chi connectivity index (χ1) is 11.0. The maximum absolute atomic E-state index is 12.1. The Balaban J connectivity index is 2.84. The smallest absolute Gasteiger partial charge is 0.339 e. The van der Waals surface area contributed by atoms with Crippen molar-refractivity contribution >= 4 is 11.9 Å². The molecule has 0 saturated heterocycles. The van der Waals surface area contributed by atoms with Gasteiger partial charge < -0.3 is 19.5 Å². The van der Waals surface area contributed by atoms with Crippen molar-refractivity contribution in [2.45, 2.75) is 40.2 Å². The molecule has 1 rings (SSSR count). The van der Waals surface area contributed by atoms with E-state index in [1.807, 2.05) is 13.8 Å². The average Bonchev–Trinajstić information content (AvgIpc) is 2.54. The number of ether oxygens (including phenoxy) is 3. The van der Waals surface area contributed by atoms with Crippen LogP contribution in [0.2, 0.25) is 0 Å². The number of carbonyl (C=O) groups excluding carboxylic acids is 2. The van der Waals surface area contributed by atoms with Gasteiger partial charge in [0.15, 0.2) is 17.6 Å². The van der Waals surface area contributed by atoms with Crippen molar-refractivity contribution in [1.29, 1.82) is 0 Å². The van der Waals surface area contributed by atoms with Gasteiger partial charge in [0.25, 0.3) is 5.91 Å². The van der Waals surface area contributed by atoms with Crippen LogP contribution in [-0.2, 0) is 9.53 Å². The maximum atomic E-state index is 12.1. The van der Waals surface area contributed by atoms with Gasteiger partial charge in [-0.05, 0) is 45.4 Å². The van der Waals surface area contributed by atoms with Gasteiger partial charge in [0.1, 0.15) is 0 Å². The van der Waals surface area contributed by atoms with Crippen LogP contribution in [0.4, 0.5) is 0 Å². The van der Waals surface area contributed by atoms with Crippen LogP contribution in [0.25, 0.3) is 0 Å².